The van der Waals surface area contributed by atoms with Crippen LogP contribution in [0.3, 0.4) is 0 Å². The molecule has 2 nitrogen and oxygen atoms in total. The van der Waals surface area contributed by atoms with Crippen LogP contribution in [0, 0.1) is 6.92 Å². The highest BCUT2D eigenvalue weighted by Gasteiger charge is 2.06. The summed E-state index contributed by atoms with van der Waals surface area (Å²) < 4.78 is 1.97. The second-order valence-electron chi connectivity index (χ2n) is 4.60. The molecule has 0 unspecified atom stereocenters. The molecule has 0 aliphatic rings. The molecule has 0 atom stereocenters. The predicted octanol–water partition coefficient (Wildman–Crippen LogP) is 3.72. The van der Waals surface area contributed by atoms with Gasteiger partial charge in [-0.05, 0) is 42.7 Å². The Morgan fingerprint density at radius 2 is 1.71 bits per heavy atom. The first-order valence-corrected chi connectivity index (χ1v) is 5.87. The first-order chi connectivity index (χ1) is 8.13. The van der Waals surface area contributed by atoms with Crippen LogP contribution in [0.25, 0.3) is 5.69 Å². The minimum atomic E-state index is 0.528. The molecule has 2 aromatic rings. The summed E-state index contributed by atoms with van der Waals surface area (Å²) in [5, 5.41) is 0. The fourth-order valence-corrected chi connectivity index (χ4v) is 2.01. The number of benzene rings is 1. The van der Waals surface area contributed by atoms with Gasteiger partial charge in [-0.25, -0.2) is 0 Å². The van der Waals surface area contributed by atoms with Crippen LogP contribution >= 0.6 is 0 Å². The Hall–Kier alpha value is -1.83. The number of aryl methyl sites for hydroxylation is 1. The number of hydrogen-bond acceptors (Lipinski definition) is 1. The van der Waals surface area contributed by atoms with Gasteiger partial charge < -0.3 is 4.57 Å². The van der Waals surface area contributed by atoms with E-state index in [9.17, 15) is 4.79 Å². The Bertz CT molecular complexity index is 520. The van der Waals surface area contributed by atoms with Gasteiger partial charge in [-0.1, -0.05) is 26.0 Å². The number of aldehydes is 1. The molecule has 0 saturated carbocycles. The summed E-state index contributed by atoms with van der Waals surface area (Å²) in [6, 6.07) is 12.2. The molecule has 0 fully saturated rings. The fraction of sp³-hybridized carbons (Fsp3) is 0.267. The number of nitrogens with zero attached hydrogens (tertiary/aromatic N) is 1. The molecule has 0 N–H and O–H groups in total. The highest BCUT2D eigenvalue weighted by atomic mass is 16.1. The zero-order valence-electron chi connectivity index (χ0n) is 10.5. The maximum Gasteiger partial charge on any atom is 0.166 e. The smallest absolute Gasteiger partial charge is 0.166 e. The van der Waals surface area contributed by atoms with Crippen LogP contribution in [-0.4, -0.2) is 10.9 Å². The lowest BCUT2D eigenvalue weighted by molar-refractivity contribution is 0.111. The molecule has 17 heavy (non-hydrogen) atoms. The van der Waals surface area contributed by atoms with Gasteiger partial charge in [-0.15, -0.1) is 0 Å². The van der Waals surface area contributed by atoms with Crippen LogP contribution < -0.4 is 0 Å². The molecule has 1 aromatic carbocycles. The summed E-state index contributed by atoms with van der Waals surface area (Å²) in [7, 11) is 0. The Kier molecular flexibility index (Phi) is 3.14. The molecular formula is C15H17NO. The van der Waals surface area contributed by atoms with Crippen molar-refractivity contribution in [3.63, 3.8) is 0 Å². The largest absolute Gasteiger partial charge is 0.311 e. The van der Waals surface area contributed by atoms with E-state index in [2.05, 4.69) is 38.1 Å². The average molecular weight is 227 g/mol. The third-order valence-corrected chi connectivity index (χ3v) is 3.04. The van der Waals surface area contributed by atoms with Crippen LogP contribution in [0.15, 0.2) is 36.4 Å². The van der Waals surface area contributed by atoms with Gasteiger partial charge in [-0.2, -0.15) is 0 Å². The van der Waals surface area contributed by atoms with Crippen LogP contribution in [0.4, 0.5) is 0 Å². The first kappa shape index (κ1) is 11.6. The standard InChI is InChI=1S/C15H17NO/c1-11(2)13-5-8-14(9-6-13)16-12(3)4-7-15(16)10-17/h4-11H,1-3H3. The molecule has 0 bridgehead atoms. The number of hydrogen-bond donors (Lipinski definition) is 0. The minimum Gasteiger partial charge on any atom is -0.311 e. The molecule has 1 heterocycles. The summed E-state index contributed by atoms with van der Waals surface area (Å²) >= 11 is 0. The molecule has 2 rings (SSSR count). The third-order valence-electron chi connectivity index (χ3n) is 3.04. The molecule has 0 spiro atoms. The Morgan fingerprint density at radius 3 is 2.24 bits per heavy atom. The van der Waals surface area contributed by atoms with E-state index in [1.54, 1.807) is 0 Å². The van der Waals surface area contributed by atoms with Crippen molar-refractivity contribution in [3.8, 4) is 5.69 Å². The summed E-state index contributed by atoms with van der Waals surface area (Å²) in [6.07, 6.45) is 0.892. The molecule has 1 aromatic heterocycles. The summed E-state index contributed by atoms with van der Waals surface area (Å²) in [5.74, 6) is 0.528. The normalized spacial score (nSPS) is 10.8. The number of carbonyl (C=O) groups is 1. The molecule has 0 radical (unpaired) electrons. The van der Waals surface area contributed by atoms with E-state index in [0.29, 0.717) is 11.6 Å². The highest BCUT2D eigenvalue weighted by molar-refractivity contribution is 5.74. The molecule has 0 amide bonds. The van der Waals surface area contributed by atoms with E-state index in [-0.39, 0.29) is 0 Å². The van der Waals surface area contributed by atoms with E-state index in [4.69, 9.17) is 0 Å². The van der Waals surface area contributed by atoms with Gasteiger partial charge in [0.15, 0.2) is 6.29 Å². The highest BCUT2D eigenvalue weighted by Crippen LogP contribution is 2.19. The van der Waals surface area contributed by atoms with E-state index in [1.807, 2.05) is 23.6 Å². The number of carbonyl (C=O) groups excluding carboxylic acids is 1. The van der Waals surface area contributed by atoms with Crippen LogP contribution in [-0.2, 0) is 0 Å². The minimum absolute atomic E-state index is 0.528. The summed E-state index contributed by atoms with van der Waals surface area (Å²) in [6.45, 7) is 6.35. The van der Waals surface area contributed by atoms with Gasteiger partial charge in [0, 0.05) is 11.4 Å². The second kappa shape index (κ2) is 4.58. The zero-order chi connectivity index (χ0) is 12.4. The first-order valence-electron chi connectivity index (χ1n) is 5.87. The fourth-order valence-electron chi connectivity index (χ4n) is 2.01. The molecule has 0 saturated heterocycles. The molecular weight excluding hydrogens is 210 g/mol. The number of aromatic nitrogens is 1. The van der Waals surface area contributed by atoms with Crippen molar-refractivity contribution < 1.29 is 4.79 Å². The van der Waals surface area contributed by atoms with Gasteiger partial charge >= 0.3 is 0 Å². The van der Waals surface area contributed by atoms with Crippen molar-refractivity contribution in [3.05, 3.63) is 53.3 Å². The molecule has 0 aliphatic carbocycles. The van der Waals surface area contributed by atoms with Gasteiger partial charge in [0.25, 0.3) is 0 Å². The lowest BCUT2D eigenvalue weighted by atomic mass is 10.0. The van der Waals surface area contributed by atoms with Crippen molar-refractivity contribution in [2.45, 2.75) is 26.7 Å². The SMILES string of the molecule is Cc1ccc(C=O)n1-c1ccc(C(C)C)cc1. The molecule has 0 aliphatic heterocycles. The van der Waals surface area contributed by atoms with Crippen LogP contribution in [0.5, 0.6) is 0 Å². The zero-order valence-corrected chi connectivity index (χ0v) is 10.5. The van der Waals surface area contributed by atoms with E-state index in [0.717, 1.165) is 17.7 Å². The van der Waals surface area contributed by atoms with Gasteiger partial charge in [0.05, 0.1) is 5.69 Å². The topological polar surface area (TPSA) is 22.0 Å². The van der Waals surface area contributed by atoms with Crippen LogP contribution in [0.1, 0.15) is 41.5 Å². The predicted molar refractivity (Wildman–Crippen MR) is 70.0 cm³/mol. The monoisotopic (exact) mass is 227 g/mol. The molecule has 88 valence electrons. The van der Waals surface area contributed by atoms with Crippen molar-refractivity contribution in [2.24, 2.45) is 0 Å². The Balaban J connectivity index is 2.46. The quantitative estimate of drug-likeness (QED) is 0.732. The second-order valence-corrected chi connectivity index (χ2v) is 4.60. The summed E-state index contributed by atoms with van der Waals surface area (Å²) in [5.41, 5.74) is 4.12. The average Bonchev–Trinajstić information content (AvgIpc) is 2.70. The van der Waals surface area contributed by atoms with E-state index >= 15 is 0 Å². The van der Waals surface area contributed by atoms with Crippen molar-refractivity contribution >= 4 is 6.29 Å². The third kappa shape index (κ3) is 2.16. The maximum atomic E-state index is 11.0. The van der Waals surface area contributed by atoms with Crippen LogP contribution in [0.2, 0.25) is 0 Å². The van der Waals surface area contributed by atoms with Gasteiger partial charge in [-0.3, -0.25) is 4.79 Å². The van der Waals surface area contributed by atoms with E-state index < -0.39 is 0 Å². The van der Waals surface area contributed by atoms with Gasteiger partial charge in [0.2, 0.25) is 0 Å². The van der Waals surface area contributed by atoms with E-state index in [1.165, 1.54) is 5.56 Å². The Morgan fingerprint density at radius 1 is 1.06 bits per heavy atom. The van der Waals surface area contributed by atoms with Crippen molar-refractivity contribution in [1.82, 2.24) is 4.57 Å². The lowest BCUT2D eigenvalue weighted by Gasteiger charge is -2.11. The maximum absolute atomic E-state index is 11.0. The van der Waals surface area contributed by atoms with Gasteiger partial charge in [0.1, 0.15) is 0 Å². The Labute approximate surface area is 102 Å². The summed E-state index contributed by atoms with van der Waals surface area (Å²) in [4.78, 5) is 11.0. The van der Waals surface area contributed by atoms with Crippen molar-refractivity contribution in [2.75, 3.05) is 0 Å². The molecule has 2 heteroatoms. The lowest BCUT2D eigenvalue weighted by Crippen LogP contribution is -2.01. The number of rotatable bonds is 3. The van der Waals surface area contributed by atoms with Crippen molar-refractivity contribution in [1.29, 1.82) is 0 Å².